The summed E-state index contributed by atoms with van der Waals surface area (Å²) in [6.45, 7) is 7.68. The first-order chi connectivity index (χ1) is 7.83. The standard InChI is InChI=1S/C11H19N3O2S/c1-7-9(17-6-13-7)8(5-12)14-10(15)16-11(2,3)4/h6,8H,5,12H2,1-4H3,(H,14,15). The fourth-order valence-corrected chi connectivity index (χ4v) is 2.19. The van der Waals surface area contributed by atoms with Gasteiger partial charge in [-0.15, -0.1) is 11.3 Å². The van der Waals surface area contributed by atoms with Crippen molar-refractivity contribution in [2.24, 2.45) is 5.73 Å². The Hall–Kier alpha value is -1.14. The number of nitrogens with one attached hydrogen (secondary N) is 1. The number of alkyl carbamates (subject to hydrolysis) is 1. The van der Waals surface area contributed by atoms with E-state index in [4.69, 9.17) is 10.5 Å². The van der Waals surface area contributed by atoms with Crippen LogP contribution in [0.25, 0.3) is 0 Å². The zero-order valence-electron chi connectivity index (χ0n) is 10.6. The lowest BCUT2D eigenvalue weighted by Gasteiger charge is -2.22. The lowest BCUT2D eigenvalue weighted by atomic mass is 10.2. The van der Waals surface area contributed by atoms with Gasteiger partial charge in [-0.3, -0.25) is 0 Å². The smallest absolute Gasteiger partial charge is 0.408 e. The van der Waals surface area contributed by atoms with Crippen LogP contribution in [0.3, 0.4) is 0 Å². The highest BCUT2D eigenvalue weighted by Gasteiger charge is 2.21. The Labute approximate surface area is 105 Å². The fourth-order valence-electron chi connectivity index (χ4n) is 1.33. The van der Waals surface area contributed by atoms with Crippen LogP contribution in [-0.2, 0) is 4.74 Å². The van der Waals surface area contributed by atoms with E-state index in [2.05, 4.69) is 10.3 Å². The predicted molar refractivity (Wildman–Crippen MR) is 68.0 cm³/mol. The normalized spacial score (nSPS) is 13.2. The van der Waals surface area contributed by atoms with Crippen molar-refractivity contribution in [3.8, 4) is 0 Å². The molecule has 0 saturated heterocycles. The Kier molecular flexibility index (Phi) is 4.47. The number of hydrogen-bond donors (Lipinski definition) is 2. The van der Waals surface area contributed by atoms with Crippen molar-refractivity contribution in [1.82, 2.24) is 10.3 Å². The fraction of sp³-hybridized carbons (Fsp3) is 0.636. The number of thiazole rings is 1. The van der Waals surface area contributed by atoms with E-state index in [0.717, 1.165) is 10.6 Å². The highest BCUT2D eigenvalue weighted by Crippen LogP contribution is 2.21. The number of aryl methyl sites for hydroxylation is 1. The molecule has 1 atom stereocenters. The molecule has 0 bridgehead atoms. The van der Waals surface area contributed by atoms with E-state index >= 15 is 0 Å². The Morgan fingerprint density at radius 1 is 1.65 bits per heavy atom. The van der Waals surface area contributed by atoms with Crippen LogP contribution in [0.1, 0.15) is 37.4 Å². The van der Waals surface area contributed by atoms with Crippen LogP contribution in [0.2, 0.25) is 0 Å². The van der Waals surface area contributed by atoms with Gasteiger partial charge in [0.05, 0.1) is 22.1 Å². The molecule has 0 aliphatic heterocycles. The molecule has 3 N–H and O–H groups in total. The number of hydrogen-bond acceptors (Lipinski definition) is 5. The van der Waals surface area contributed by atoms with Gasteiger partial charge < -0.3 is 15.8 Å². The summed E-state index contributed by atoms with van der Waals surface area (Å²) in [5, 5.41) is 2.75. The second-order valence-corrected chi connectivity index (χ2v) is 5.62. The minimum absolute atomic E-state index is 0.239. The second-order valence-electron chi connectivity index (χ2n) is 4.74. The van der Waals surface area contributed by atoms with Gasteiger partial charge in [-0.1, -0.05) is 0 Å². The Bertz CT molecular complexity index is 384. The Morgan fingerprint density at radius 2 is 2.29 bits per heavy atom. The molecule has 6 heteroatoms. The van der Waals surface area contributed by atoms with Gasteiger partial charge in [-0.05, 0) is 27.7 Å². The third-order valence-corrected chi connectivity index (χ3v) is 3.07. The summed E-state index contributed by atoms with van der Waals surface area (Å²) in [7, 11) is 0. The molecule has 0 radical (unpaired) electrons. The van der Waals surface area contributed by atoms with Crippen molar-refractivity contribution in [3.63, 3.8) is 0 Å². The van der Waals surface area contributed by atoms with Crippen molar-refractivity contribution < 1.29 is 9.53 Å². The maximum Gasteiger partial charge on any atom is 0.408 e. The quantitative estimate of drug-likeness (QED) is 0.868. The van der Waals surface area contributed by atoms with Crippen molar-refractivity contribution >= 4 is 17.4 Å². The second kappa shape index (κ2) is 5.46. The highest BCUT2D eigenvalue weighted by atomic mass is 32.1. The molecule has 1 amide bonds. The van der Waals surface area contributed by atoms with Gasteiger partial charge in [0, 0.05) is 6.54 Å². The molecule has 0 aliphatic rings. The lowest BCUT2D eigenvalue weighted by molar-refractivity contribution is 0.0506. The minimum atomic E-state index is -0.508. The molecule has 5 nitrogen and oxygen atoms in total. The highest BCUT2D eigenvalue weighted by molar-refractivity contribution is 7.09. The van der Waals surface area contributed by atoms with Crippen LogP contribution >= 0.6 is 11.3 Å². The van der Waals surface area contributed by atoms with E-state index in [1.807, 2.05) is 27.7 Å². The lowest BCUT2D eigenvalue weighted by Crippen LogP contribution is -2.37. The third kappa shape index (κ3) is 4.32. The number of rotatable bonds is 3. The first kappa shape index (κ1) is 13.9. The molecular formula is C11H19N3O2S. The average molecular weight is 257 g/mol. The van der Waals surface area contributed by atoms with Gasteiger partial charge in [0.15, 0.2) is 0 Å². The van der Waals surface area contributed by atoms with Crippen molar-refractivity contribution in [2.75, 3.05) is 6.54 Å². The van der Waals surface area contributed by atoms with E-state index in [1.54, 1.807) is 5.51 Å². The monoisotopic (exact) mass is 257 g/mol. The number of carbonyl (C=O) groups excluding carboxylic acids is 1. The van der Waals surface area contributed by atoms with Crippen LogP contribution < -0.4 is 11.1 Å². The van der Waals surface area contributed by atoms with Crippen molar-refractivity contribution in [2.45, 2.75) is 39.3 Å². The largest absolute Gasteiger partial charge is 0.444 e. The average Bonchev–Trinajstić information content (AvgIpc) is 2.58. The minimum Gasteiger partial charge on any atom is -0.444 e. The Balaban J connectivity index is 2.66. The molecule has 1 aromatic heterocycles. The van der Waals surface area contributed by atoms with E-state index in [0.29, 0.717) is 6.54 Å². The van der Waals surface area contributed by atoms with Gasteiger partial charge in [0.2, 0.25) is 0 Å². The first-order valence-electron chi connectivity index (χ1n) is 5.43. The summed E-state index contributed by atoms with van der Waals surface area (Å²) < 4.78 is 5.19. The number of ether oxygens (including phenoxy) is 1. The molecule has 1 rings (SSSR count). The number of aromatic nitrogens is 1. The van der Waals surface area contributed by atoms with E-state index in [-0.39, 0.29) is 6.04 Å². The van der Waals surface area contributed by atoms with Gasteiger partial charge in [0.25, 0.3) is 0 Å². The summed E-state index contributed by atoms with van der Waals surface area (Å²) in [6.07, 6.45) is -0.458. The summed E-state index contributed by atoms with van der Waals surface area (Å²) in [4.78, 5) is 16.7. The van der Waals surface area contributed by atoms with Crippen LogP contribution in [0.5, 0.6) is 0 Å². The topological polar surface area (TPSA) is 77.2 Å². The van der Waals surface area contributed by atoms with Crippen molar-refractivity contribution in [3.05, 3.63) is 16.1 Å². The molecular weight excluding hydrogens is 238 g/mol. The van der Waals surface area contributed by atoms with Crippen molar-refractivity contribution in [1.29, 1.82) is 0 Å². The molecule has 0 aliphatic carbocycles. The molecule has 17 heavy (non-hydrogen) atoms. The van der Waals surface area contributed by atoms with Gasteiger partial charge in [-0.25, -0.2) is 9.78 Å². The maximum absolute atomic E-state index is 11.6. The molecule has 1 unspecified atom stereocenters. The van der Waals surface area contributed by atoms with Gasteiger partial charge >= 0.3 is 6.09 Å². The van der Waals surface area contributed by atoms with Crippen LogP contribution in [0.15, 0.2) is 5.51 Å². The molecule has 0 saturated carbocycles. The van der Waals surface area contributed by atoms with Crippen LogP contribution in [0.4, 0.5) is 4.79 Å². The zero-order valence-corrected chi connectivity index (χ0v) is 11.4. The maximum atomic E-state index is 11.6. The van der Waals surface area contributed by atoms with Crippen LogP contribution in [0, 0.1) is 6.92 Å². The summed E-state index contributed by atoms with van der Waals surface area (Å²) in [6, 6.07) is -0.239. The van der Waals surface area contributed by atoms with Crippen LogP contribution in [-0.4, -0.2) is 23.2 Å². The van der Waals surface area contributed by atoms with E-state index < -0.39 is 11.7 Å². The summed E-state index contributed by atoms with van der Waals surface area (Å²) >= 11 is 1.48. The molecule has 1 heterocycles. The first-order valence-corrected chi connectivity index (χ1v) is 6.31. The number of carbonyl (C=O) groups is 1. The number of amides is 1. The van der Waals surface area contributed by atoms with E-state index in [9.17, 15) is 4.79 Å². The molecule has 1 aromatic rings. The molecule has 0 fully saturated rings. The van der Waals surface area contributed by atoms with Gasteiger partial charge in [0.1, 0.15) is 5.60 Å². The number of nitrogens with zero attached hydrogens (tertiary/aromatic N) is 1. The molecule has 0 aromatic carbocycles. The predicted octanol–water partition coefficient (Wildman–Crippen LogP) is 1.98. The summed E-state index contributed by atoms with van der Waals surface area (Å²) in [5.74, 6) is 0. The SMILES string of the molecule is Cc1ncsc1C(CN)NC(=O)OC(C)(C)C. The molecule has 96 valence electrons. The molecule has 0 spiro atoms. The summed E-state index contributed by atoms with van der Waals surface area (Å²) in [5.41, 5.74) is 7.78. The zero-order chi connectivity index (χ0) is 13.1. The van der Waals surface area contributed by atoms with Gasteiger partial charge in [-0.2, -0.15) is 0 Å². The van der Waals surface area contributed by atoms with E-state index in [1.165, 1.54) is 11.3 Å². The number of nitrogens with two attached hydrogens (primary N) is 1. The third-order valence-electron chi connectivity index (χ3n) is 2.03. The Morgan fingerprint density at radius 3 is 2.71 bits per heavy atom.